The molecule has 0 radical (unpaired) electrons. The van der Waals surface area contributed by atoms with Gasteiger partial charge in [-0.1, -0.05) is 12.1 Å². The van der Waals surface area contributed by atoms with Crippen LogP contribution in [0.2, 0.25) is 0 Å². The van der Waals surface area contributed by atoms with Crippen LogP contribution in [-0.2, 0) is 11.2 Å². The molecule has 0 aliphatic carbocycles. The molecule has 1 aromatic rings. The Kier molecular flexibility index (Phi) is 7.50. The fourth-order valence-electron chi connectivity index (χ4n) is 3.47. The topological polar surface area (TPSA) is 73.8 Å². The Morgan fingerprint density at radius 2 is 1.85 bits per heavy atom. The van der Waals surface area contributed by atoms with E-state index in [1.165, 1.54) is 0 Å². The maximum atomic E-state index is 12.3. The van der Waals surface area contributed by atoms with Crippen molar-refractivity contribution in [2.75, 3.05) is 19.6 Å². The van der Waals surface area contributed by atoms with E-state index in [0.717, 1.165) is 31.5 Å². The summed E-state index contributed by atoms with van der Waals surface area (Å²) in [6.45, 7) is 12.9. The van der Waals surface area contributed by atoms with Crippen molar-refractivity contribution in [3.8, 4) is 5.75 Å². The number of carbonyl (C=O) groups excluding carboxylic acids is 1. The van der Waals surface area contributed by atoms with Crippen LogP contribution in [0.5, 0.6) is 5.75 Å². The largest absolute Gasteiger partial charge is 0.508 e. The van der Waals surface area contributed by atoms with E-state index in [1.54, 1.807) is 12.1 Å². The molecule has 3 unspecified atom stereocenters. The van der Waals surface area contributed by atoms with Gasteiger partial charge in [-0.05, 0) is 65.2 Å². The fraction of sp³-hybridized carbons (Fsp3) is 0.667. The Morgan fingerprint density at radius 1 is 1.26 bits per heavy atom. The Morgan fingerprint density at radius 3 is 2.44 bits per heavy atom. The van der Waals surface area contributed by atoms with Gasteiger partial charge in [-0.2, -0.15) is 0 Å². The van der Waals surface area contributed by atoms with Gasteiger partial charge in [0.05, 0.1) is 12.2 Å². The van der Waals surface area contributed by atoms with E-state index in [-0.39, 0.29) is 35.6 Å². The third-order valence-electron chi connectivity index (χ3n) is 5.14. The monoisotopic (exact) mass is 377 g/mol. The quantitative estimate of drug-likeness (QED) is 0.683. The van der Waals surface area contributed by atoms with Crippen molar-refractivity contribution in [3.63, 3.8) is 0 Å². The number of morpholine rings is 1. The molecule has 0 spiro atoms. The number of phenolic OH excluding ortho intramolecular Hbond substituents is 1. The molecule has 1 saturated heterocycles. The van der Waals surface area contributed by atoms with E-state index in [4.69, 9.17) is 4.74 Å². The number of amides is 2. The van der Waals surface area contributed by atoms with Gasteiger partial charge in [0, 0.05) is 31.2 Å². The number of hydrogen-bond acceptors (Lipinski definition) is 4. The molecule has 2 amide bonds. The van der Waals surface area contributed by atoms with Crippen molar-refractivity contribution < 1.29 is 14.6 Å². The summed E-state index contributed by atoms with van der Waals surface area (Å²) in [6, 6.07) is 7.15. The zero-order chi connectivity index (χ0) is 20.0. The molecule has 1 aliphatic heterocycles. The lowest BCUT2D eigenvalue weighted by atomic mass is 10.00. The summed E-state index contributed by atoms with van der Waals surface area (Å²) < 4.78 is 5.80. The molecule has 1 fully saturated rings. The van der Waals surface area contributed by atoms with Gasteiger partial charge in [0.2, 0.25) is 0 Å². The summed E-state index contributed by atoms with van der Waals surface area (Å²) in [5, 5.41) is 15.4. The molecule has 1 aliphatic rings. The molecular weight excluding hydrogens is 342 g/mol. The first-order valence-electron chi connectivity index (χ1n) is 9.88. The molecule has 1 aromatic carbocycles. The molecule has 2 rings (SSSR count). The minimum absolute atomic E-state index is 0.0744. The predicted molar refractivity (Wildman–Crippen MR) is 108 cm³/mol. The summed E-state index contributed by atoms with van der Waals surface area (Å²) in [5.41, 5.74) is 1.03. The van der Waals surface area contributed by atoms with Gasteiger partial charge in [-0.15, -0.1) is 0 Å². The molecule has 0 bridgehead atoms. The molecule has 1 heterocycles. The Bertz CT molecular complexity index is 593. The summed E-state index contributed by atoms with van der Waals surface area (Å²) >= 11 is 0. The third-order valence-corrected chi connectivity index (χ3v) is 5.14. The van der Waals surface area contributed by atoms with Crippen LogP contribution in [0.3, 0.4) is 0 Å². The number of ether oxygens (including phenoxy) is 1. The lowest BCUT2D eigenvalue weighted by molar-refractivity contribution is -0.0947. The number of carbonyl (C=O) groups is 1. The van der Waals surface area contributed by atoms with Crippen molar-refractivity contribution in [3.05, 3.63) is 29.8 Å². The Labute approximate surface area is 163 Å². The minimum Gasteiger partial charge on any atom is -0.508 e. The number of aryl methyl sites for hydroxylation is 1. The van der Waals surface area contributed by atoms with Gasteiger partial charge >= 0.3 is 6.03 Å². The Hall–Kier alpha value is -1.79. The third kappa shape index (κ3) is 7.03. The van der Waals surface area contributed by atoms with Crippen LogP contribution < -0.4 is 10.6 Å². The van der Waals surface area contributed by atoms with Crippen molar-refractivity contribution >= 4 is 6.03 Å². The number of rotatable bonds is 7. The summed E-state index contributed by atoms with van der Waals surface area (Å²) in [6.07, 6.45) is 2.13. The standard InChI is InChI=1S/C21H35N3O3/c1-15(6-7-18-8-10-19(25)11-9-18)23-20(26)22-14-21(4,5)24-12-16(2)27-17(3)13-24/h8-11,15-17,25H,6-7,12-14H2,1-5H3,(H2,22,23,26). The first kappa shape index (κ1) is 21.5. The van der Waals surface area contributed by atoms with Crippen molar-refractivity contribution in [1.29, 1.82) is 0 Å². The van der Waals surface area contributed by atoms with Crippen LogP contribution in [0, 0.1) is 0 Å². The van der Waals surface area contributed by atoms with Crippen LogP contribution in [0.25, 0.3) is 0 Å². The van der Waals surface area contributed by atoms with E-state index < -0.39 is 0 Å². The van der Waals surface area contributed by atoms with Crippen LogP contribution in [-0.4, -0.2) is 59.5 Å². The fourth-order valence-corrected chi connectivity index (χ4v) is 3.47. The number of benzene rings is 1. The highest BCUT2D eigenvalue weighted by Gasteiger charge is 2.33. The van der Waals surface area contributed by atoms with Gasteiger partial charge < -0.3 is 20.5 Å². The molecule has 0 saturated carbocycles. The lowest BCUT2D eigenvalue weighted by Gasteiger charge is -2.45. The second-order valence-electron chi connectivity index (χ2n) is 8.41. The molecule has 6 nitrogen and oxygen atoms in total. The van der Waals surface area contributed by atoms with Crippen LogP contribution >= 0.6 is 0 Å². The number of phenols is 1. The van der Waals surface area contributed by atoms with Crippen molar-refractivity contribution in [2.45, 2.75) is 71.2 Å². The van der Waals surface area contributed by atoms with E-state index in [2.05, 4.69) is 43.2 Å². The van der Waals surface area contributed by atoms with Crippen molar-refractivity contribution in [2.24, 2.45) is 0 Å². The van der Waals surface area contributed by atoms with E-state index in [1.807, 2.05) is 19.1 Å². The Balaban J connectivity index is 1.73. The second-order valence-corrected chi connectivity index (χ2v) is 8.41. The normalized spacial score (nSPS) is 22.3. The lowest BCUT2D eigenvalue weighted by Crippen LogP contribution is -2.59. The summed E-state index contributed by atoms with van der Waals surface area (Å²) in [5.74, 6) is 0.274. The molecule has 0 aromatic heterocycles. The SMILES string of the molecule is CC(CCc1ccc(O)cc1)NC(=O)NCC(C)(C)N1CC(C)OC(C)C1. The van der Waals surface area contributed by atoms with Gasteiger partial charge in [0.25, 0.3) is 0 Å². The highest BCUT2D eigenvalue weighted by molar-refractivity contribution is 5.74. The van der Waals surface area contributed by atoms with Gasteiger partial charge in [-0.25, -0.2) is 4.79 Å². The molecule has 152 valence electrons. The molecule has 3 atom stereocenters. The van der Waals surface area contributed by atoms with Crippen molar-refractivity contribution in [1.82, 2.24) is 15.5 Å². The van der Waals surface area contributed by atoms with Gasteiger partial charge in [0.15, 0.2) is 0 Å². The number of urea groups is 1. The maximum absolute atomic E-state index is 12.3. The van der Waals surface area contributed by atoms with Crippen LogP contribution in [0.15, 0.2) is 24.3 Å². The summed E-state index contributed by atoms with van der Waals surface area (Å²) in [7, 11) is 0. The number of aromatic hydroxyl groups is 1. The van der Waals surface area contributed by atoms with Gasteiger partial charge in [0.1, 0.15) is 5.75 Å². The smallest absolute Gasteiger partial charge is 0.315 e. The van der Waals surface area contributed by atoms with E-state index in [9.17, 15) is 9.90 Å². The van der Waals surface area contributed by atoms with Gasteiger partial charge in [-0.3, -0.25) is 4.90 Å². The molecule has 3 N–H and O–H groups in total. The van der Waals surface area contributed by atoms with Crippen LogP contribution in [0.4, 0.5) is 4.79 Å². The van der Waals surface area contributed by atoms with E-state index in [0.29, 0.717) is 6.54 Å². The predicted octanol–water partition coefficient (Wildman–Crippen LogP) is 2.90. The first-order chi connectivity index (χ1) is 12.7. The zero-order valence-corrected chi connectivity index (χ0v) is 17.3. The highest BCUT2D eigenvalue weighted by atomic mass is 16.5. The number of nitrogens with one attached hydrogen (secondary N) is 2. The van der Waals surface area contributed by atoms with E-state index >= 15 is 0 Å². The highest BCUT2D eigenvalue weighted by Crippen LogP contribution is 2.20. The first-order valence-corrected chi connectivity index (χ1v) is 9.88. The maximum Gasteiger partial charge on any atom is 0.315 e. The van der Waals surface area contributed by atoms with Crippen LogP contribution in [0.1, 0.15) is 46.6 Å². The number of nitrogens with zero attached hydrogens (tertiary/aromatic N) is 1. The second kappa shape index (κ2) is 9.42. The summed E-state index contributed by atoms with van der Waals surface area (Å²) in [4.78, 5) is 14.7. The molecular formula is C21H35N3O3. The number of hydrogen-bond donors (Lipinski definition) is 3. The minimum atomic E-state index is -0.129. The zero-order valence-electron chi connectivity index (χ0n) is 17.3. The molecule has 6 heteroatoms. The molecule has 27 heavy (non-hydrogen) atoms. The average molecular weight is 378 g/mol. The average Bonchev–Trinajstić information content (AvgIpc) is 2.59.